The van der Waals surface area contributed by atoms with E-state index in [9.17, 15) is 9.59 Å². The van der Waals surface area contributed by atoms with Crippen molar-refractivity contribution in [1.29, 1.82) is 0 Å². The molecule has 5 heteroatoms. The first-order valence-corrected chi connectivity index (χ1v) is 7.83. The minimum absolute atomic E-state index is 0.0934. The molecule has 1 heterocycles. The monoisotopic (exact) mass is 325 g/mol. The van der Waals surface area contributed by atoms with Gasteiger partial charge >= 0.3 is 5.97 Å². The minimum Gasteiger partial charge on any atom is -0.483 e. The number of ether oxygens (including phenoxy) is 2. The van der Waals surface area contributed by atoms with E-state index in [1.54, 1.807) is 29.2 Å². The normalized spacial score (nSPS) is 13.1. The zero-order valence-corrected chi connectivity index (χ0v) is 13.5. The Kier molecular flexibility index (Phi) is 4.79. The number of nitrogens with zero attached hydrogens (tertiary/aromatic N) is 1. The number of methoxy groups -OCH3 is 1. The SMILES string of the molecule is COC(=O)c1ccccc1OCC(=O)N1CCc2ccccc2C1. The largest absolute Gasteiger partial charge is 0.483 e. The highest BCUT2D eigenvalue weighted by molar-refractivity contribution is 5.92. The Balaban J connectivity index is 1.64. The van der Waals surface area contributed by atoms with E-state index in [4.69, 9.17) is 9.47 Å². The molecule has 24 heavy (non-hydrogen) atoms. The van der Waals surface area contributed by atoms with Gasteiger partial charge in [0, 0.05) is 13.1 Å². The zero-order chi connectivity index (χ0) is 16.9. The molecule has 3 rings (SSSR count). The van der Waals surface area contributed by atoms with Crippen LogP contribution in [0.25, 0.3) is 0 Å². The third-order valence-corrected chi connectivity index (χ3v) is 4.13. The molecule has 0 bridgehead atoms. The molecule has 0 saturated carbocycles. The first kappa shape index (κ1) is 16.1. The smallest absolute Gasteiger partial charge is 0.341 e. The molecule has 2 aromatic carbocycles. The van der Waals surface area contributed by atoms with Crippen LogP contribution in [0, 0.1) is 0 Å². The Morgan fingerprint density at radius 3 is 2.54 bits per heavy atom. The van der Waals surface area contributed by atoms with Crippen molar-refractivity contribution in [1.82, 2.24) is 4.90 Å². The summed E-state index contributed by atoms with van der Waals surface area (Å²) in [4.78, 5) is 25.9. The van der Waals surface area contributed by atoms with Gasteiger partial charge < -0.3 is 14.4 Å². The highest BCUT2D eigenvalue weighted by Gasteiger charge is 2.21. The van der Waals surface area contributed by atoms with E-state index in [2.05, 4.69) is 6.07 Å². The zero-order valence-electron chi connectivity index (χ0n) is 13.5. The van der Waals surface area contributed by atoms with Crippen LogP contribution in [0.3, 0.4) is 0 Å². The van der Waals surface area contributed by atoms with Gasteiger partial charge in [0.05, 0.1) is 7.11 Å². The van der Waals surface area contributed by atoms with Crippen molar-refractivity contribution in [2.24, 2.45) is 0 Å². The molecule has 124 valence electrons. The number of esters is 1. The first-order chi connectivity index (χ1) is 11.7. The van der Waals surface area contributed by atoms with Crippen LogP contribution in [-0.2, 0) is 22.5 Å². The number of hydrogen-bond donors (Lipinski definition) is 0. The van der Waals surface area contributed by atoms with Crippen molar-refractivity contribution >= 4 is 11.9 Å². The number of carbonyl (C=O) groups excluding carboxylic acids is 2. The number of rotatable bonds is 4. The van der Waals surface area contributed by atoms with E-state index >= 15 is 0 Å². The maximum Gasteiger partial charge on any atom is 0.341 e. The van der Waals surface area contributed by atoms with Gasteiger partial charge in [-0.05, 0) is 29.7 Å². The fourth-order valence-electron chi connectivity index (χ4n) is 2.81. The van der Waals surface area contributed by atoms with Crippen LogP contribution >= 0.6 is 0 Å². The standard InChI is InChI=1S/C19H19NO4/c1-23-19(22)16-8-4-5-9-17(16)24-13-18(21)20-11-10-14-6-2-3-7-15(14)12-20/h2-9H,10-13H2,1H3. The lowest BCUT2D eigenvalue weighted by Gasteiger charge is -2.28. The molecule has 0 unspecified atom stereocenters. The van der Waals surface area contributed by atoms with Crippen molar-refractivity contribution < 1.29 is 19.1 Å². The molecule has 5 nitrogen and oxygen atoms in total. The minimum atomic E-state index is -0.482. The molecule has 0 N–H and O–H groups in total. The van der Waals surface area contributed by atoms with Crippen LogP contribution in [-0.4, -0.2) is 37.0 Å². The molecule has 1 aliphatic heterocycles. The van der Waals surface area contributed by atoms with Crippen molar-refractivity contribution in [2.75, 3.05) is 20.3 Å². The van der Waals surface area contributed by atoms with E-state index in [0.29, 0.717) is 24.4 Å². The van der Waals surface area contributed by atoms with E-state index < -0.39 is 5.97 Å². The van der Waals surface area contributed by atoms with Gasteiger partial charge in [0.15, 0.2) is 6.61 Å². The summed E-state index contributed by atoms with van der Waals surface area (Å²) in [6.07, 6.45) is 0.848. The third-order valence-electron chi connectivity index (χ3n) is 4.13. The number of benzene rings is 2. The summed E-state index contributed by atoms with van der Waals surface area (Å²) in [6, 6.07) is 14.9. The summed E-state index contributed by atoms with van der Waals surface area (Å²) in [5.74, 6) is -0.218. The van der Waals surface area contributed by atoms with Gasteiger partial charge in [-0.2, -0.15) is 0 Å². The maximum absolute atomic E-state index is 12.4. The second-order valence-corrected chi connectivity index (χ2v) is 5.61. The second-order valence-electron chi connectivity index (χ2n) is 5.61. The fraction of sp³-hybridized carbons (Fsp3) is 0.263. The molecule has 1 aliphatic rings. The molecule has 0 aromatic heterocycles. The van der Waals surface area contributed by atoms with Crippen molar-refractivity contribution in [3.05, 3.63) is 65.2 Å². The van der Waals surface area contributed by atoms with E-state index in [0.717, 1.165) is 6.42 Å². The number of para-hydroxylation sites is 1. The molecule has 0 radical (unpaired) electrons. The Morgan fingerprint density at radius 2 is 1.75 bits per heavy atom. The molecule has 0 aliphatic carbocycles. The number of fused-ring (bicyclic) bond motifs is 1. The summed E-state index contributed by atoms with van der Waals surface area (Å²) < 4.78 is 10.3. The molecule has 0 spiro atoms. The highest BCUT2D eigenvalue weighted by atomic mass is 16.5. The van der Waals surface area contributed by atoms with E-state index in [1.165, 1.54) is 18.2 Å². The van der Waals surface area contributed by atoms with E-state index in [1.807, 2.05) is 18.2 Å². The van der Waals surface area contributed by atoms with Gasteiger partial charge in [0.2, 0.25) is 0 Å². The van der Waals surface area contributed by atoms with Crippen LogP contribution in [0.2, 0.25) is 0 Å². The lowest BCUT2D eigenvalue weighted by molar-refractivity contribution is -0.134. The average molecular weight is 325 g/mol. The summed E-state index contributed by atoms with van der Waals surface area (Å²) in [5, 5.41) is 0. The molecule has 2 aromatic rings. The maximum atomic E-state index is 12.4. The van der Waals surface area contributed by atoms with Gasteiger partial charge in [0.25, 0.3) is 5.91 Å². The van der Waals surface area contributed by atoms with Gasteiger partial charge in [-0.25, -0.2) is 4.79 Å². The molecule has 0 atom stereocenters. The first-order valence-electron chi connectivity index (χ1n) is 7.83. The van der Waals surface area contributed by atoms with Crippen LogP contribution in [0.4, 0.5) is 0 Å². The van der Waals surface area contributed by atoms with Gasteiger partial charge in [0.1, 0.15) is 11.3 Å². The number of hydrogen-bond acceptors (Lipinski definition) is 4. The summed E-state index contributed by atoms with van der Waals surface area (Å²) in [7, 11) is 1.31. The molecular formula is C19H19NO4. The van der Waals surface area contributed by atoms with Gasteiger partial charge in [-0.3, -0.25) is 4.79 Å². The van der Waals surface area contributed by atoms with Crippen molar-refractivity contribution in [3.8, 4) is 5.75 Å². The Morgan fingerprint density at radius 1 is 1.04 bits per heavy atom. The van der Waals surface area contributed by atoms with Crippen molar-refractivity contribution in [3.63, 3.8) is 0 Å². The fourth-order valence-corrected chi connectivity index (χ4v) is 2.81. The third kappa shape index (κ3) is 3.40. The summed E-state index contributed by atoms with van der Waals surface area (Å²) >= 11 is 0. The Hall–Kier alpha value is -2.82. The number of carbonyl (C=O) groups is 2. The van der Waals surface area contributed by atoms with Crippen LogP contribution < -0.4 is 4.74 Å². The molecule has 1 amide bonds. The lowest BCUT2D eigenvalue weighted by atomic mass is 10.00. The van der Waals surface area contributed by atoms with E-state index in [-0.39, 0.29) is 12.5 Å². The number of amides is 1. The summed E-state index contributed by atoms with van der Waals surface area (Å²) in [6.45, 7) is 1.17. The van der Waals surface area contributed by atoms with Crippen LogP contribution in [0.15, 0.2) is 48.5 Å². The Bertz CT molecular complexity index is 757. The molecular weight excluding hydrogens is 306 g/mol. The van der Waals surface area contributed by atoms with Crippen LogP contribution in [0.1, 0.15) is 21.5 Å². The molecule has 0 fully saturated rings. The van der Waals surface area contributed by atoms with Crippen molar-refractivity contribution in [2.45, 2.75) is 13.0 Å². The lowest BCUT2D eigenvalue weighted by Crippen LogP contribution is -2.38. The predicted molar refractivity (Wildman–Crippen MR) is 88.8 cm³/mol. The van der Waals surface area contributed by atoms with Gasteiger partial charge in [-0.1, -0.05) is 36.4 Å². The topological polar surface area (TPSA) is 55.8 Å². The molecule has 0 saturated heterocycles. The van der Waals surface area contributed by atoms with Crippen LogP contribution in [0.5, 0.6) is 5.75 Å². The highest BCUT2D eigenvalue weighted by Crippen LogP contribution is 2.21. The average Bonchev–Trinajstić information content (AvgIpc) is 2.65. The van der Waals surface area contributed by atoms with Gasteiger partial charge in [-0.15, -0.1) is 0 Å². The predicted octanol–water partition coefficient (Wildman–Crippen LogP) is 2.44. The summed E-state index contributed by atoms with van der Waals surface area (Å²) in [5.41, 5.74) is 2.78. The Labute approximate surface area is 140 Å². The quantitative estimate of drug-likeness (QED) is 0.810. The second kappa shape index (κ2) is 7.17.